The Labute approximate surface area is 90.7 Å². The van der Waals surface area contributed by atoms with Crippen LogP contribution in [0.25, 0.3) is 0 Å². The zero-order valence-corrected chi connectivity index (χ0v) is 9.67. The minimum Gasteiger partial charge on any atom is -0.190 e. The Balaban J connectivity index is 2.58. The van der Waals surface area contributed by atoms with Crippen LogP contribution in [-0.4, -0.2) is 11.5 Å². The molecule has 1 aromatic carbocycles. The normalized spacial score (nSPS) is 18.6. The molecule has 2 rings (SSSR count). The average molecular weight is 257 g/mol. The van der Waals surface area contributed by atoms with Gasteiger partial charge in [-0.1, -0.05) is 15.9 Å². The number of nitrogens with zero attached hydrogens (tertiary/aromatic N) is 1. The molecule has 3 nitrogen and oxygen atoms in total. The molecule has 0 saturated heterocycles. The van der Waals surface area contributed by atoms with E-state index in [1.807, 2.05) is 32.0 Å². The Morgan fingerprint density at radius 1 is 1.50 bits per heavy atom. The third-order valence-corrected chi connectivity index (χ3v) is 2.89. The first kappa shape index (κ1) is 9.65. The fourth-order valence-electron chi connectivity index (χ4n) is 1.66. The lowest BCUT2D eigenvalue weighted by molar-refractivity contribution is -0.769. The molecule has 0 N–H and O–H groups in total. The quantitative estimate of drug-likeness (QED) is 0.715. The van der Waals surface area contributed by atoms with Crippen LogP contribution < -0.4 is 4.84 Å². The van der Waals surface area contributed by atoms with E-state index in [0.717, 1.165) is 10.0 Å². The van der Waals surface area contributed by atoms with Crippen LogP contribution in [0.3, 0.4) is 0 Å². The summed E-state index contributed by atoms with van der Waals surface area (Å²) >= 11 is 3.41. The van der Waals surface area contributed by atoms with Gasteiger partial charge < -0.3 is 0 Å². The number of benzene rings is 1. The summed E-state index contributed by atoms with van der Waals surface area (Å²) in [4.78, 5) is 16.9. The zero-order chi connectivity index (χ0) is 10.3. The Hall–Kier alpha value is -0.900. The molecule has 14 heavy (non-hydrogen) atoms. The molecule has 0 amide bonds. The van der Waals surface area contributed by atoms with Crippen LogP contribution in [0.4, 0.5) is 0 Å². The van der Waals surface area contributed by atoms with Crippen LogP contribution in [0.2, 0.25) is 0 Å². The Morgan fingerprint density at radius 2 is 2.21 bits per heavy atom. The number of rotatable bonds is 0. The number of hydrogen-bond acceptors (Lipinski definition) is 2. The summed E-state index contributed by atoms with van der Waals surface area (Å²) in [5.74, 6) is 0.652. The van der Waals surface area contributed by atoms with Crippen molar-refractivity contribution in [2.45, 2.75) is 19.3 Å². The fraction of sp³-hybridized carbons (Fsp3) is 0.400. The summed E-state index contributed by atoms with van der Waals surface area (Å²) in [6.07, 6.45) is 0. The summed E-state index contributed by atoms with van der Waals surface area (Å²) in [5.41, 5.74) is 0.901. The second-order valence-electron chi connectivity index (χ2n) is 4.11. The Bertz CT molecular complexity index is 401. The van der Waals surface area contributed by atoms with Crippen molar-refractivity contribution in [1.29, 1.82) is 0 Å². The molecular formula is C10H11BrNO2+. The molecule has 0 bridgehead atoms. The number of halogens is 1. The first-order chi connectivity index (χ1) is 6.49. The van der Waals surface area contributed by atoms with Gasteiger partial charge in [-0.2, -0.15) is 4.84 Å². The van der Waals surface area contributed by atoms with Crippen molar-refractivity contribution >= 4 is 15.9 Å². The lowest BCUT2D eigenvalue weighted by Gasteiger charge is -2.24. The molecule has 0 spiro atoms. The van der Waals surface area contributed by atoms with Gasteiger partial charge in [0.05, 0.1) is 10.3 Å². The van der Waals surface area contributed by atoms with E-state index in [1.54, 1.807) is 0 Å². The van der Waals surface area contributed by atoms with E-state index in [9.17, 15) is 4.91 Å². The molecule has 1 aliphatic rings. The summed E-state index contributed by atoms with van der Waals surface area (Å²) in [7, 11) is 0. The molecule has 4 heteroatoms. The highest BCUT2D eigenvalue weighted by Crippen LogP contribution is 2.37. The fourth-order valence-corrected chi connectivity index (χ4v) is 2.02. The van der Waals surface area contributed by atoms with Crippen molar-refractivity contribution < 1.29 is 9.76 Å². The van der Waals surface area contributed by atoms with E-state index in [2.05, 4.69) is 15.9 Å². The number of hydrogen-bond donors (Lipinski definition) is 0. The standard InChI is InChI=1S/C10H11BrNO2/c1-10(2)6-12(13)14-9-4-3-7(11)5-8(9)10/h3-5H,6H2,1-2H3/q+1. The molecule has 1 heterocycles. The van der Waals surface area contributed by atoms with E-state index >= 15 is 0 Å². The van der Waals surface area contributed by atoms with Gasteiger partial charge in [-0.25, -0.2) is 0 Å². The smallest absolute Gasteiger partial charge is 0.190 e. The maximum Gasteiger partial charge on any atom is 0.257 e. The minimum atomic E-state index is -0.168. The third kappa shape index (κ3) is 1.54. The monoisotopic (exact) mass is 256 g/mol. The summed E-state index contributed by atoms with van der Waals surface area (Å²) in [6, 6.07) is 5.68. The lowest BCUT2D eigenvalue weighted by atomic mass is 9.83. The Kier molecular flexibility index (Phi) is 2.10. The summed E-state index contributed by atoms with van der Waals surface area (Å²) in [5, 5.41) is 0. The second kappa shape index (κ2) is 3.05. The van der Waals surface area contributed by atoms with Crippen molar-refractivity contribution in [3.63, 3.8) is 0 Å². The van der Waals surface area contributed by atoms with Gasteiger partial charge in [0.2, 0.25) is 10.7 Å². The van der Waals surface area contributed by atoms with Crippen molar-refractivity contribution in [2.75, 3.05) is 6.54 Å². The topological polar surface area (TPSA) is 29.3 Å². The molecule has 1 aliphatic heterocycles. The maximum atomic E-state index is 11.2. The average Bonchev–Trinajstić information content (AvgIpc) is 2.05. The molecule has 0 unspecified atom stereocenters. The first-order valence-electron chi connectivity index (χ1n) is 4.42. The van der Waals surface area contributed by atoms with E-state index in [4.69, 9.17) is 4.84 Å². The second-order valence-corrected chi connectivity index (χ2v) is 5.02. The molecule has 0 aromatic heterocycles. The molecule has 0 aliphatic carbocycles. The Morgan fingerprint density at radius 3 is 2.93 bits per heavy atom. The largest absolute Gasteiger partial charge is 0.257 e. The highest BCUT2D eigenvalue weighted by Gasteiger charge is 2.39. The van der Waals surface area contributed by atoms with E-state index in [-0.39, 0.29) is 5.41 Å². The van der Waals surface area contributed by atoms with Gasteiger partial charge in [0.15, 0.2) is 0 Å². The van der Waals surface area contributed by atoms with Crippen LogP contribution in [0.15, 0.2) is 22.7 Å². The van der Waals surface area contributed by atoms with Crippen LogP contribution in [0, 0.1) is 4.91 Å². The predicted molar refractivity (Wildman–Crippen MR) is 56.3 cm³/mol. The van der Waals surface area contributed by atoms with Gasteiger partial charge >= 0.3 is 0 Å². The van der Waals surface area contributed by atoms with Crippen LogP contribution in [0.1, 0.15) is 19.4 Å². The lowest BCUT2D eigenvalue weighted by Crippen LogP contribution is -2.36. The van der Waals surface area contributed by atoms with Crippen molar-refractivity contribution in [2.24, 2.45) is 0 Å². The third-order valence-electron chi connectivity index (χ3n) is 2.40. The van der Waals surface area contributed by atoms with Gasteiger partial charge in [0, 0.05) is 10.0 Å². The van der Waals surface area contributed by atoms with Gasteiger partial charge in [0.1, 0.15) is 0 Å². The van der Waals surface area contributed by atoms with E-state index in [0.29, 0.717) is 17.2 Å². The van der Waals surface area contributed by atoms with Gasteiger partial charge in [-0.05, 0) is 32.0 Å². The first-order valence-corrected chi connectivity index (χ1v) is 5.21. The molecule has 1 aromatic rings. The number of fused-ring (bicyclic) bond motifs is 1. The van der Waals surface area contributed by atoms with Crippen molar-refractivity contribution in [3.05, 3.63) is 33.1 Å². The SMILES string of the molecule is CC1(C)C[N+](=O)Oc2ccc(Br)cc21. The predicted octanol–water partition coefficient (Wildman–Crippen LogP) is 2.81. The molecule has 74 valence electrons. The van der Waals surface area contributed by atoms with E-state index in [1.165, 1.54) is 0 Å². The zero-order valence-electron chi connectivity index (χ0n) is 8.08. The maximum absolute atomic E-state index is 11.2. The van der Waals surface area contributed by atoms with Crippen molar-refractivity contribution in [3.8, 4) is 5.75 Å². The minimum absolute atomic E-state index is 0.168. The van der Waals surface area contributed by atoms with E-state index < -0.39 is 0 Å². The van der Waals surface area contributed by atoms with Gasteiger partial charge in [-0.3, -0.25) is 0 Å². The van der Waals surface area contributed by atoms with Crippen LogP contribution in [0.5, 0.6) is 5.75 Å². The van der Waals surface area contributed by atoms with Gasteiger partial charge in [-0.15, -0.1) is 0 Å². The molecule has 0 radical (unpaired) electrons. The van der Waals surface area contributed by atoms with Crippen LogP contribution in [-0.2, 0) is 5.41 Å². The highest BCUT2D eigenvalue weighted by atomic mass is 79.9. The molecule has 0 atom stereocenters. The summed E-state index contributed by atoms with van der Waals surface area (Å²) in [6.45, 7) is 4.42. The molecule has 0 fully saturated rings. The van der Waals surface area contributed by atoms with Crippen LogP contribution >= 0.6 is 15.9 Å². The van der Waals surface area contributed by atoms with Crippen molar-refractivity contribution in [1.82, 2.24) is 0 Å². The molecular weight excluding hydrogens is 246 g/mol. The summed E-state index contributed by atoms with van der Waals surface area (Å²) < 4.78 is 1.01. The van der Waals surface area contributed by atoms with Gasteiger partial charge in [0.25, 0.3) is 6.54 Å². The molecule has 0 saturated carbocycles. The highest BCUT2D eigenvalue weighted by molar-refractivity contribution is 9.10.